The molecule has 0 spiro atoms. The predicted molar refractivity (Wildman–Crippen MR) is 105 cm³/mol. The van der Waals surface area contributed by atoms with Gasteiger partial charge in [-0.15, -0.1) is 0 Å². The number of nitriles is 1. The van der Waals surface area contributed by atoms with Gasteiger partial charge in [-0.25, -0.2) is 8.42 Å². The summed E-state index contributed by atoms with van der Waals surface area (Å²) in [5.74, 6) is -0.520. The van der Waals surface area contributed by atoms with Gasteiger partial charge in [-0.3, -0.25) is 9.71 Å². The van der Waals surface area contributed by atoms with Crippen molar-refractivity contribution in [2.75, 3.05) is 4.72 Å². The molecule has 28 heavy (non-hydrogen) atoms. The minimum Gasteiger partial charge on any atom is -0.858 e. The van der Waals surface area contributed by atoms with Crippen LogP contribution in [0.5, 0.6) is 0 Å². The van der Waals surface area contributed by atoms with Crippen molar-refractivity contribution in [2.45, 2.75) is 11.4 Å². The summed E-state index contributed by atoms with van der Waals surface area (Å²) in [5, 5.41) is 21.5. The van der Waals surface area contributed by atoms with Crippen LogP contribution in [0, 0.1) is 11.3 Å². The predicted octanol–water partition coefficient (Wildman–Crippen LogP) is 2.67. The largest absolute Gasteiger partial charge is 0.858 e. The van der Waals surface area contributed by atoms with E-state index in [1.54, 1.807) is 12.1 Å². The highest BCUT2D eigenvalue weighted by Gasteiger charge is 2.16. The van der Waals surface area contributed by atoms with Crippen molar-refractivity contribution in [1.82, 2.24) is 0 Å². The van der Waals surface area contributed by atoms with Crippen LogP contribution in [0.1, 0.15) is 16.7 Å². The molecule has 0 fully saturated rings. The Labute approximate surface area is 163 Å². The summed E-state index contributed by atoms with van der Waals surface area (Å²) in [5.41, 5.74) is 1.39. The molecule has 0 aliphatic heterocycles. The molecule has 0 aliphatic rings. The van der Waals surface area contributed by atoms with Crippen LogP contribution in [0.2, 0.25) is 0 Å². The average molecular weight is 390 g/mol. The lowest BCUT2D eigenvalue weighted by atomic mass is 10.2. The van der Waals surface area contributed by atoms with Gasteiger partial charge >= 0.3 is 0 Å². The quantitative estimate of drug-likeness (QED) is 0.516. The molecule has 0 atom stereocenters. The molecular weight excluding hydrogens is 374 g/mol. The first-order chi connectivity index (χ1) is 13.5. The molecule has 0 heterocycles. The lowest BCUT2D eigenvalue weighted by Crippen LogP contribution is -2.22. The van der Waals surface area contributed by atoms with Gasteiger partial charge in [0.15, 0.2) is 0 Å². The van der Waals surface area contributed by atoms with Crippen molar-refractivity contribution in [3.63, 3.8) is 0 Å². The molecule has 140 valence electrons. The Morgan fingerprint density at radius 3 is 2.46 bits per heavy atom. The van der Waals surface area contributed by atoms with E-state index in [1.165, 1.54) is 36.4 Å². The number of nitrogens with zero attached hydrogens (tertiary/aromatic N) is 2. The molecule has 3 rings (SSSR count). The summed E-state index contributed by atoms with van der Waals surface area (Å²) in [7, 11) is -3.96. The van der Waals surface area contributed by atoms with Crippen molar-refractivity contribution in [1.29, 1.82) is 5.26 Å². The smallest absolute Gasteiger partial charge is 0.261 e. The standard InChI is InChI=1S/C21H17N3O3S/c22-14-17-9-6-10-18(13-17)28(26,27)24-20-12-5-4-11-19(20)21(25)23-15-16-7-2-1-3-8-16/h1-13,24H,15H2,(H,23,25)/p-1. The number of rotatable bonds is 6. The third-order valence-electron chi connectivity index (χ3n) is 3.92. The number of anilines is 1. The van der Waals surface area contributed by atoms with Gasteiger partial charge in [-0.2, -0.15) is 5.26 Å². The first-order valence-electron chi connectivity index (χ1n) is 8.37. The number of benzene rings is 3. The fourth-order valence-corrected chi connectivity index (χ4v) is 3.65. The van der Waals surface area contributed by atoms with E-state index >= 15 is 0 Å². The number of hydrogen-bond acceptors (Lipinski definition) is 5. The summed E-state index contributed by atoms with van der Waals surface area (Å²) >= 11 is 0. The molecule has 3 aromatic rings. The summed E-state index contributed by atoms with van der Waals surface area (Å²) in [4.78, 5) is 3.98. The van der Waals surface area contributed by atoms with E-state index in [1.807, 2.05) is 36.4 Å². The molecule has 0 bridgehead atoms. The first kappa shape index (κ1) is 19.1. The van der Waals surface area contributed by atoms with Crippen LogP contribution in [-0.2, 0) is 16.6 Å². The molecule has 7 heteroatoms. The fraction of sp³-hybridized carbons (Fsp3) is 0.0476. The summed E-state index contributed by atoms with van der Waals surface area (Å²) in [6, 6.07) is 23.1. The Morgan fingerprint density at radius 2 is 1.71 bits per heavy atom. The third-order valence-corrected chi connectivity index (χ3v) is 5.29. The van der Waals surface area contributed by atoms with Crippen LogP contribution >= 0.6 is 0 Å². The van der Waals surface area contributed by atoms with Crippen molar-refractivity contribution < 1.29 is 13.5 Å². The van der Waals surface area contributed by atoms with E-state index in [0.717, 1.165) is 5.56 Å². The van der Waals surface area contributed by atoms with Crippen LogP contribution in [0.25, 0.3) is 0 Å². The van der Waals surface area contributed by atoms with Gasteiger partial charge in [0.2, 0.25) is 0 Å². The number of hydrogen-bond donors (Lipinski definition) is 1. The topological polar surface area (TPSA) is 105 Å². The van der Waals surface area contributed by atoms with Crippen molar-refractivity contribution >= 4 is 21.6 Å². The normalized spacial score (nSPS) is 11.6. The van der Waals surface area contributed by atoms with Crippen molar-refractivity contribution in [3.8, 4) is 6.07 Å². The second-order valence-corrected chi connectivity index (χ2v) is 7.58. The lowest BCUT2D eigenvalue weighted by Gasteiger charge is -2.17. The first-order valence-corrected chi connectivity index (χ1v) is 9.86. The summed E-state index contributed by atoms with van der Waals surface area (Å²) in [6.07, 6.45) is 0. The Balaban J connectivity index is 1.88. The molecule has 0 aliphatic carbocycles. The molecule has 0 unspecified atom stereocenters. The van der Waals surface area contributed by atoms with Gasteiger partial charge in [0, 0.05) is 5.56 Å². The van der Waals surface area contributed by atoms with E-state index < -0.39 is 15.9 Å². The highest BCUT2D eigenvalue weighted by atomic mass is 32.2. The Hall–Kier alpha value is -3.63. The second-order valence-electron chi connectivity index (χ2n) is 5.90. The van der Waals surface area contributed by atoms with E-state index in [4.69, 9.17) is 5.26 Å². The summed E-state index contributed by atoms with van der Waals surface area (Å²) < 4.78 is 27.7. The molecule has 0 radical (unpaired) electrons. The molecule has 0 amide bonds. The summed E-state index contributed by atoms with van der Waals surface area (Å²) in [6.45, 7) is 0.199. The molecule has 0 saturated heterocycles. The zero-order valence-electron chi connectivity index (χ0n) is 14.7. The van der Waals surface area contributed by atoms with Gasteiger partial charge in [0.05, 0.1) is 28.8 Å². The monoisotopic (exact) mass is 390 g/mol. The maximum absolute atomic E-state index is 12.7. The second kappa shape index (κ2) is 8.37. The van der Waals surface area contributed by atoms with E-state index in [0.29, 0.717) is 0 Å². The van der Waals surface area contributed by atoms with Crippen LogP contribution in [0.3, 0.4) is 0 Å². The molecule has 1 N–H and O–H groups in total. The Bertz CT molecular complexity index is 1150. The zero-order chi connectivity index (χ0) is 20.0. The highest BCUT2D eigenvalue weighted by Crippen LogP contribution is 2.21. The average Bonchev–Trinajstić information content (AvgIpc) is 2.73. The van der Waals surface area contributed by atoms with Gasteiger partial charge in [-0.1, -0.05) is 54.6 Å². The maximum Gasteiger partial charge on any atom is 0.261 e. The molecule has 0 saturated carbocycles. The van der Waals surface area contributed by atoms with Gasteiger partial charge in [0.25, 0.3) is 10.0 Å². The van der Waals surface area contributed by atoms with Gasteiger partial charge < -0.3 is 5.11 Å². The van der Waals surface area contributed by atoms with Crippen LogP contribution < -0.4 is 9.83 Å². The number of sulfonamides is 1. The Morgan fingerprint density at radius 1 is 1.00 bits per heavy atom. The van der Waals surface area contributed by atoms with E-state index in [-0.39, 0.29) is 28.3 Å². The lowest BCUT2D eigenvalue weighted by molar-refractivity contribution is -0.213. The minimum absolute atomic E-state index is 0.0602. The van der Waals surface area contributed by atoms with Gasteiger partial charge in [-0.05, 0) is 35.7 Å². The minimum atomic E-state index is -3.96. The highest BCUT2D eigenvalue weighted by molar-refractivity contribution is 7.92. The number of para-hydroxylation sites is 1. The maximum atomic E-state index is 12.7. The van der Waals surface area contributed by atoms with Gasteiger partial charge in [0.1, 0.15) is 0 Å². The van der Waals surface area contributed by atoms with E-state index in [9.17, 15) is 13.5 Å². The van der Waals surface area contributed by atoms with Crippen LogP contribution in [0.15, 0.2) is 88.8 Å². The SMILES string of the molecule is N#Cc1cccc(S(=O)(=O)Nc2ccccc2C([O-])=NCc2ccccc2)c1. The van der Waals surface area contributed by atoms with Crippen LogP contribution in [0.4, 0.5) is 5.69 Å². The van der Waals surface area contributed by atoms with Crippen molar-refractivity contribution in [3.05, 3.63) is 95.6 Å². The number of aliphatic imine (C=N–C) groups is 1. The molecule has 6 nitrogen and oxygen atoms in total. The van der Waals surface area contributed by atoms with E-state index in [2.05, 4.69) is 9.71 Å². The van der Waals surface area contributed by atoms with Crippen LogP contribution in [-0.4, -0.2) is 14.3 Å². The molecule has 3 aromatic carbocycles. The molecular formula is C21H16N3O3S-. The number of nitrogens with one attached hydrogen (secondary N) is 1. The molecule has 0 aromatic heterocycles. The fourth-order valence-electron chi connectivity index (χ4n) is 2.53. The Kier molecular flexibility index (Phi) is 5.72. The van der Waals surface area contributed by atoms with Crippen molar-refractivity contribution in [2.24, 2.45) is 4.99 Å². The zero-order valence-corrected chi connectivity index (χ0v) is 15.6. The third kappa shape index (κ3) is 4.55.